The SMILES string of the molecule is Cl.NC1CCC2CN(C(=O)Cc3ccc(-n4cccn4)cc3)CC12. The Morgan fingerprint density at radius 3 is 2.67 bits per heavy atom. The summed E-state index contributed by atoms with van der Waals surface area (Å²) in [4.78, 5) is 14.5. The molecule has 1 aromatic heterocycles. The van der Waals surface area contributed by atoms with E-state index in [1.165, 1.54) is 6.42 Å². The highest BCUT2D eigenvalue weighted by Crippen LogP contribution is 2.37. The zero-order valence-corrected chi connectivity index (χ0v) is 14.4. The molecule has 1 saturated carbocycles. The summed E-state index contributed by atoms with van der Waals surface area (Å²) in [6.45, 7) is 1.73. The van der Waals surface area contributed by atoms with Gasteiger partial charge in [-0.25, -0.2) is 4.68 Å². The van der Waals surface area contributed by atoms with Crippen molar-refractivity contribution in [2.45, 2.75) is 25.3 Å². The maximum absolute atomic E-state index is 12.5. The number of fused-ring (bicyclic) bond motifs is 1. The lowest BCUT2D eigenvalue weighted by atomic mass is 9.98. The number of carbonyl (C=O) groups is 1. The predicted octanol–water partition coefficient (Wildman–Crippen LogP) is 2.03. The lowest BCUT2D eigenvalue weighted by Gasteiger charge is -2.19. The van der Waals surface area contributed by atoms with E-state index >= 15 is 0 Å². The largest absolute Gasteiger partial charge is 0.342 e. The van der Waals surface area contributed by atoms with Crippen LogP contribution in [-0.2, 0) is 11.2 Å². The lowest BCUT2D eigenvalue weighted by Crippen LogP contribution is -2.34. The minimum absolute atomic E-state index is 0. The molecule has 3 atom stereocenters. The molecule has 2 N–H and O–H groups in total. The van der Waals surface area contributed by atoms with Gasteiger partial charge in [0.2, 0.25) is 5.91 Å². The van der Waals surface area contributed by atoms with Gasteiger partial charge in [-0.3, -0.25) is 4.79 Å². The first kappa shape index (κ1) is 17.0. The van der Waals surface area contributed by atoms with Crippen LogP contribution in [0.4, 0.5) is 0 Å². The number of halogens is 1. The van der Waals surface area contributed by atoms with Crippen molar-refractivity contribution < 1.29 is 4.79 Å². The molecular formula is C18H23ClN4O. The molecule has 2 aliphatic rings. The zero-order chi connectivity index (χ0) is 15.8. The van der Waals surface area contributed by atoms with Gasteiger partial charge in [-0.05, 0) is 48.4 Å². The van der Waals surface area contributed by atoms with E-state index in [1.54, 1.807) is 6.20 Å². The quantitative estimate of drug-likeness (QED) is 0.924. The topological polar surface area (TPSA) is 64.2 Å². The summed E-state index contributed by atoms with van der Waals surface area (Å²) in [5.74, 6) is 1.36. The van der Waals surface area contributed by atoms with E-state index in [1.807, 2.05) is 46.1 Å². The number of benzene rings is 1. The Morgan fingerprint density at radius 2 is 2.00 bits per heavy atom. The van der Waals surface area contributed by atoms with Crippen molar-refractivity contribution in [2.75, 3.05) is 13.1 Å². The summed E-state index contributed by atoms with van der Waals surface area (Å²) < 4.78 is 1.81. The second-order valence-electron chi connectivity index (χ2n) is 6.76. The third-order valence-electron chi connectivity index (χ3n) is 5.33. The molecule has 1 amide bonds. The first-order valence-corrected chi connectivity index (χ1v) is 8.33. The molecule has 0 radical (unpaired) electrons. The van der Waals surface area contributed by atoms with Gasteiger partial charge in [0, 0.05) is 31.5 Å². The fourth-order valence-electron chi connectivity index (χ4n) is 3.99. The van der Waals surface area contributed by atoms with E-state index in [2.05, 4.69) is 5.10 Å². The van der Waals surface area contributed by atoms with Crippen LogP contribution < -0.4 is 5.73 Å². The molecular weight excluding hydrogens is 324 g/mol. The molecule has 6 heteroatoms. The molecule has 1 saturated heterocycles. The van der Waals surface area contributed by atoms with E-state index in [0.29, 0.717) is 18.3 Å². The molecule has 1 aliphatic carbocycles. The highest BCUT2D eigenvalue weighted by Gasteiger charge is 2.42. The van der Waals surface area contributed by atoms with Crippen LogP contribution in [0.1, 0.15) is 18.4 Å². The highest BCUT2D eigenvalue weighted by molar-refractivity contribution is 5.85. The number of carbonyl (C=O) groups excluding carboxylic acids is 1. The average molecular weight is 347 g/mol. The average Bonchev–Trinajstić information content (AvgIpc) is 3.27. The van der Waals surface area contributed by atoms with E-state index in [0.717, 1.165) is 30.8 Å². The molecule has 2 aromatic rings. The number of nitrogens with two attached hydrogens (primary N) is 1. The van der Waals surface area contributed by atoms with Gasteiger partial charge in [0.25, 0.3) is 0 Å². The molecule has 0 bridgehead atoms. The summed E-state index contributed by atoms with van der Waals surface area (Å²) >= 11 is 0. The zero-order valence-electron chi connectivity index (χ0n) is 13.5. The minimum Gasteiger partial charge on any atom is -0.342 e. The molecule has 0 spiro atoms. The van der Waals surface area contributed by atoms with E-state index in [-0.39, 0.29) is 24.4 Å². The molecule has 24 heavy (non-hydrogen) atoms. The van der Waals surface area contributed by atoms with Gasteiger partial charge in [0.15, 0.2) is 0 Å². The number of hydrogen-bond donors (Lipinski definition) is 1. The molecule has 2 fully saturated rings. The normalized spacial score (nSPS) is 25.4. The van der Waals surface area contributed by atoms with E-state index < -0.39 is 0 Å². The van der Waals surface area contributed by atoms with Crippen molar-refractivity contribution in [3.63, 3.8) is 0 Å². The van der Waals surface area contributed by atoms with Gasteiger partial charge in [-0.2, -0.15) is 5.10 Å². The molecule has 1 aromatic carbocycles. The summed E-state index contributed by atoms with van der Waals surface area (Å²) in [6, 6.07) is 10.2. The van der Waals surface area contributed by atoms with Crippen molar-refractivity contribution in [1.29, 1.82) is 0 Å². The minimum atomic E-state index is 0. The Kier molecular flexibility index (Phi) is 4.92. The second kappa shape index (κ2) is 6.95. The van der Waals surface area contributed by atoms with Crippen LogP contribution in [0.3, 0.4) is 0 Å². The second-order valence-corrected chi connectivity index (χ2v) is 6.76. The molecule has 5 nitrogen and oxygen atoms in total. The third kappa shape index (κ3) is 3.19. The summed E-state index contributed by atoms with van der Waals surface area (Å²) in [5, 5.41) is 4.21. The van der Waals surface area contributed by atoms with Crippen LogP contribution in [0.2, 0.25) is 0 Å². The van der Waals surface area contributed by atoms with E-state index in [4.69, 9.17) is 5.73 Å². The predicted molar refractivity (Wildman–Crippen MR) is 95.3 cm³/mol. The highest BCUT2D eigenvalue weighted by atomic mass is 35.5. The number of likely N-dealkylation sites (tertiary alicyclic amines) is 1. The Hall–Kier alpha value is -1.85. The fourth-order valence-corrected chi connectivity index (χ4v) is 3.99. The van der Waals surface area contributed by atoms with Crippen LogP contribution in [-0.4, -0.2) is 39.7 Å². The van der Waals surface area contributed by atoms with Crippen LogP contribution in [0.15, 0.2) is 42.7 Å². The van der Waals surface area contributed by atoms with Gasteiger partial charge >= 0.3 is 0 Å². The number of hydrogen-bond acceptors (Lipinski definition) is 3. The molecule has 2 heterocycles. The van der Waals surface area contributed by atoms with Gasteiger partial charge < -0.3 is 10.6 Å². The number of amides is 1. The van der Waals surface area contributed by atoms with Gasteiger partial charge in [-0.15, -0.1) is 12.4 Å². The summed E-state index contributed by atoms with van der Waals surface area (Å²) in [7, 11) is 0. The van der Waals surface area contributed by atoms with Crippen molar-refractivity contribution >= 4 is 18.3 Å². The van der Waals surface area contributed by atoms with Crippen LogP contribution in [0, 0.1) is 11.8 Å². The van der Waals surface area contributed by atoms with Crippen LogP contribution in [0.25, 0.3) is 5.69 Å². The van der Waals surface area contributed by atoms with E-state index in [9.17, 15) is 4.79 Å². The number of rotatable bonds is 3. The van der Waals surface area contributed by atoms with Gasteiger partial charge in [-0.1, -0.05) is 12.1 Å². The first-order chi connectivity index (χ1) is 11.2. The maximum Gasteiger partial charge on any atom is 0.227 e. The molecule has 3 unspecified atom stereocenters. The van der Waals surface area contributed by atoms with Crippen molar-refractivity contribution in [3.8, 4) is 5.69 Å². The van der Waals surface area contributed by atoms with Crippen LogP contribution >= 0.6 is 12.4 Å². The standard InChI is InChI=1S/C18H22N4O.ClH/c19-17-7-4-14-11-21(12-16(14)17)18(23)10-13-2-5-15(6-3-13)22-9-1-8-20-22;/h1-3,5-6,8-9,14,16-17H,4,7,10-12,19H2;1H. The lowest BCUT2D eigenvalue weighted by molar-refractivity contribution is -0.129. The number of nitrogens with zero attached hydrogens (tertiary/aromatic N) is 3. The van der Waals surface area contributed by atoms with Gasteiger partial charge in [0.1, 0.15) is 0 Å². The van der Waals surface area contributed by atoms with Crippen molar-refractivity contribution in [1.82, 2.24) is 14.7 Å². The summed E-state index contributed by atoms with van der Waals surface area (Å²) in [6.07, 6.45) is 6.42. The van der Waals surface area contributed by atoms with Crippen molar-refractivity contribution in [2.24, 2.45) is 17.6 Å². The molecule has 4 rings (SSSR count). The smallest absolute Gasteiger partial charge is 0.227 e. The summed E-state index contributed by atoms with van der Waals surface area (Å²) in [5.41, 5.74) is 8.21. The Morgan fingerprint density at radius 1 is 1.21 bits per heavy atom. The Bertz CT molecular complexity index is 686. The first-order valence-electron chi connectivity index (χ1n) is 8.33. The fraction of sp³-hybridized carbons (Fsp3) is 0.444. The van der Waals surface area contributed by atoms with Crippen LogP contribution in [0.5, 0.6) is 0 Å². The third-order valence-corrected chi connectivity index (χ3v) is 5.33. The van der Waals surface area contributed by atoms with Gasteiger partial charge in [0.05, 0.1) is 12.1 Å². The molecule has 1 aliphatic heterocycles. The van der Waals surface area contributed by atoms with Crippen molar-refractivity contribution in [3.05, 3.63) is 48.3 Å². The Labute approximate surface area is 148 Å². The monoisotopic (exact) mass is 346 g/mol. The number of aromatic nitrogens is 2. The maximum atomic E-state index is 12.5. The Balaban J connectivity index is 0.00000169. The molecule has 128 valence electrons.